The number of anilines is 2. The minimum absolute atomic E-state index is 0.0240. The molecule has 1 aliphatic carbocycles. The van der Waals surface area contributed by atoms with E-state index in [1.165, 1.54) is 34.5 Å². The number of hydrogen-bond acceptors (Lipinski definition) is 8. The van der Waals surface area contributed by atoms with Gasteiger partial charge in [0, 0.05) is 43.5 Å². The second kappa shape index (κ2) is 12.1. The van der Waals surface area contributed by atoms with Gasteiger partial charge in [-0.15, -0.1) is 0 Å². The number of sulfone groups is 1. The number of nitrogens with one attached hydrogen (secondary N) is 1. The average Bonchev–Trinajstić information content (AvgIpc) is 3.85. The van der Waals surface area contributed by atoms with Crippen LogP contribution in [-0.2, 0) is 30.0 Å². The lowest BCUT2D eigenvalue weighted by molar-refractivity contribution is 0.0983. The summed E-state index contributed by atoms with van der Waals surface area (Å²) >= 11 is 0. The summed E-state index contributed by atoms with van der Waals surface area (Å²) in [5.74, 6) is 0.412. The molecule has 0 aliphatic heterocycles. The van der Waals surface area contributed by atoms with Crippen LogP contribution in [0.5, 0.6) is 0 Å². The number of halogens is 1. The van der Waals surface area contributed by atoms with Crippen LogP contribution in [0.2, 0.25) is 0 Å². The Morgan fingerprint density at radius 2 is 1.71 bits per heavy atom. The van der Waals surface area contributed by atoms with Gasteiger partial charge in [0.25, 0.3) is 5.91 Å². The van der Waals surface area contributed by atoms with Crippen LogP contribution in [0, 0.1) is 19.7 Å². The van der Waals surface area contributed by atoms with E-state index in [4.69, 9.17) is 4.98 Å². The van der Waals surface area contributed by atoms with Crippen LogP contribution < -0.4 is 10.2 Å². The highest BCUT2D eigenvalue weighted by Crippen LogP contribution is 2.38. The second-order valence-corrected chi connectivity index (χ2v) is 14.5. The smallest absolute Gasteiger partial charge is 0.261 e. The SMILES string of the molecule is Cc1ccc(CNc2nc3cc(CN(C(=O)c4cnc(C5CC5)nc4)c4ccc(F)cc4S(C)(=O)=O)ccc3c3c2cnn3C)cc1C. The molecule has 3 aromatic heterocycles. The van der Waals surface area contributed by atoms with E-state index < -0.39 is 21.6 Å². The fourth-order valence-electron chi connectivity index (χ4n) is 5.93. The highest BCUT2D eigenvalue weighted by atomic mass is 32.2. The third kappa shape index (κ3) is 6.11. The van der Waals surface area contributed by atoms with Gasteiger partial charge >= 0.3 is 0 Å². The zero-order valence-electron chi connectivity index (χ0n) is 27.0. The molecular formula is C36H34FN7O3S. The molecule has 10 nitrogen and oxygen atoms in total. The highest BCUT2D eigenvalue weighted by Gasteiger charge is 2.29. The lowest BCUT2D eigenvalue weighted by Gasteiger charge is -2.25. The van der Waals surface area contributed by atoms with Crippen molar-refractivity contribution in [1.29, 1.82) is 0 Å². The zero-order valence-corrected chi connectivity index (χ0v) is 27.8. The van der Waals surface area contributed by atoms with Gasteiger partial charge in [0.15, 0.2) is 9.84 Å². The Labute approximate surface area is 277 Å². The van der Waals surface area contributed by atoms with E-state index in [2.05, 4.69) is 52.4 Å². The number of nitrogens with zero attached hydrogens (tertiary/aromatic N) is 6. The van der Waals surface area contributed by atoms with E-state index in [0.717, 1.165) is 53.1 Å². The summed E-state index contributed by atoms with van der Waals surface area (Å²) in [6, 6.07) is 15.4. The number of rotatable bonds is 9. The summed E-state index contributed by atoms with van der Waals surface area (Å²) < 4.78 is 41.8. The fourth-order valence-corrected chi connectivity index (χ4v) is 6.81. The van der Waals surface area contributed by atoms with Crippen molar-refractivity contribution in [3.05, 3.63) is 113 Å². The molecule has 0 spiro atoms. The fraction of sp³-hybridized carbons (Fsp3) is 0.250. The number of pyridine rings is 1. The molecule has 0 saturated heterocycles. The highest BCUT2D eigenvalue weighted by molar-refractivity contribution is 7.90. The first-order valence-electron chi connectivity index (χ1n) is 15.6. The molecule has 1 saturated carbocycles. The Bertz CT molecular complexity index is 2330. The van der Waals surface area contributed by atoms with Gasteiger partial charge in [-0.3, -0.25) is 9.48 Å². The van der Waals surface area contributed by atoms with E-state index in [9.17, 15) is 17.6 Å². The molecule has 3 heterocycles. The van der Waals surface area contributed by atoms with Crippen molar-refractivity contribution in [2.24, 2.45) is 7.05 Å². The van der Waals surface area contributed by atoms with Gasteiger partial charge in [0.2, 0.25) is 0 Å². The predicted octanol–water partition coefficient (Wildman–Crippen LogP) is 6.41. The summed E-state index contributed by atoms with van der Waals surface area (Å²) in [4.78, 5) is 28.9. The Balaban J connectivity index is 1.29. The minimum Gasteiger partial charge on any atom is -0.365 e. The standard InChI is InChI=1S/C36H34FN7O3S/c1-21-5-6-23(13-22(21)2)16-38-35-29-19-41-43(3)33(29)28-11-7-24(14-30(28)42-35)20-44(31-12-10-27(37)15-32(31)48(4,46)47)36(45)26-17-39-34(40-18-26)25-8-9-25/h5-7,10-15,17-19,25H,8-9,16,20H2,1-4H3,(H,38,42). The molecule has 3 aromatic carbocycles. The molecule has 244 valence electrons. The van der Waals surface area contributed by atoms with E-state index in [1.54, 1.807) is 10.9 Å². The van der Waals surface area contributed by atoms with Crippen molar-refractivity contribution in [1.82, 2.24) is 24.7 Å². The van der Waals surface area contributed by atoms with Crippen LogP contribution in [0.25, 0.3) is 21.8 Å². The van der Waals surface area contributed by atoms with Gasteiger partial charge in [0.1, 0.15) is 17.5 Å². The zero-order chi connectivity index (χ0) is 33.7. The maximum atomic E-state index is 14.4. The first kappa shape index (κ1) is 31.4. The molecule has 0 unspecified atom stereocenters. The number of hydrogen-bond donors (Lipinski definition) is 1. The van der Waals surface area contributed by atoms with E-state index in [0.29, 0.717) is 35.2 Å². The molecule has 7 rings (SSSR count). The third-order valence-electron chi connectivity index (χ3n) is 8.83. The van der Waals surface area contributed by atoms with Crippen LogP contribution in [0.4, 0.5) is 15.9 Å². The molecule has 12 heteroatoms. The summed E-state index contributed by atoms with van der Waals surface area (Å²) in [5.41, 5.74) is 6.05. The van der Waals surface area contributed by atoms with Crippen LogP contribution >= 0.6 is 0 Å². The van der Waals surface area contributed by atoms with Crippen LogP contribution in [0.3, 0.4) is 0 Å². The molecule has 48 heavy (non-hydrogen) atoms. The number of carbonyl (C=O) groups excluding carboxylic acids is 1. The van der Waals surface area contributed by atoms with E-state index in [-0.39, 0.29) is 22.7 Å². The Morgan fingerprint density at radius 1 is 0.958 bits per heavy atom. The number of carbonyl (C=O) groups is 1. The van der Waals surface area contributed by atoms with Crippen molar-refractivity contribution >= 4 is 49.1 Å². The molecule has 6 aromatic rings. The molecule has 0 atom stereocenters. The number of aryl methyl sites for hydroxylation is 3. The topological polar surface area (TPSA) is 123 Å². The first-order valence-corrected chi connectivity index (χ1v) is 17.5. The lowest BCUT2D eigenvalue weighted by Crippen LogP contribution is -2.32. The summed E-state index contributed by atoms with van der Waals surface area (Å²) in [5, 5.41) is 9.72. The first-order chi connectivity index (χ1) is 23.0. The van der Waals surface area contributed by atoms with Crippen molar-refractivity contribution in [2.45, 2.75) is 50.6 Å². The predicted molar refractivity (Wildman–Crippen MR) is 183 cm³/mol. The van der Waals surface area contributed by atoms with Gasteiger partial charge in [-0.1, -0.05) is 30.3 Å². The third-order valence-corrected chi connectivity index (χ3v) is 9.96. The number of aromatic nitrogens is 5. The maximum absolute atomic E-state index is 14.4. The van der Waals surface area contributed by atoms with E-state index in [1.807, 2.05) is 25.2 Å². The number of benzene rings is 3. The van der Waals surface area contributed by atoms with Gasteiger partial charge in [0.05, 0.1) is 45.3 Å². The Morgan fingerprint density at radius 3 is 2.42 bits per heavy atom. The van der Waals surface area contributed by atoms with E-state index >= 15 is 0 Å². The minimum atomic E-state index is -3.91. The van der Waals surface area contributed by atoms with Crippen molar-refractivity contribution in [2.75, 3.05) is 16.5 Å². The Kier molecular flexibility index (Phi) is 7.90. The molecule has 0 radical (unpaired) electrons. The van der Waals surface area contributed by atoms with Crippen LogP contribution in [0.15, 0.2) is 78.1 Å². The molecule has 1 fully saturated rings. The van der Waals surface area contributed by atoms with Crippen molar-refractivity contribution in [3.8, 4) is 0 Å². The molecule has 0 bridgehead atoms. The maximum Gasteiger partial charge on any atom is 0.261 e. The average molecular weight is 664 g/mol. The Hall–Kier alpha value is -5.23. The van der Waals surface area contributed by atoms with Crippen LogP contribution in [-0.4, -0.2) is 45.3 Å². The molecule has 1 aliphatic rings. The van der Waals surface area contributed by atoms with Gasteiger partial charge in [-0.2, -0.15) is 5.10 Å². The molecule has 1 N–H and O–H groups in total. The summed E-state index contributed by atoms with van der Waals surface area (Å²) in [7, 11) is -2.04. The summed E-state index contributed by atoms with van der Waals surface area (Å²) in [6.45, 7) is 4.71. The largest absolute Gasteiger partial charge is 0.365 e. The van der Waals surface area contributed by atoms with Crippen molar-refractivity contribution < 1.29 is 17.6 Å². The molecular weight excluding hydrogens is 630 g/mol. The van der Waals surface area contributed by atoms with Crippen molar-refractivity contribution in [3.63, 3.8) is 0 Å². The normalized spacial score (nSPS) is 13.3. The quantitative estimate of drug-likeness (QED) is 0.188. The van der Waals surface area contributed by atoms with Crippen LogP contribution in [0.1, 0.15) is 57.2 Å². The lowest BCUT2D eigenvalue weighted by atomic mass is 10.1. The number of amides is 1. The summed E-state index contributed by atoms with van der Waals surface area (Å²) in [6.07, 6.45) is 7.74. The molecule has 1 amide bonds. The van der Waals surface area contributed by atoms with Gasteiger partial charge in [-0.05, 0) is 73.2 Å². The monoisotopic (exact) mass is 663 g/mol. The second-order valence-electron chi connectivity index (χ2n) is 12.5. The number of fused-ring (bicyclic) bond motifs is 3. The van der Waals surface area contributed by atoms with Gasteiger partial charge < -0.3 is 10.2 Å². The van der Waals surface area contributed by atoms with Gasteiger partial charge in [-0.25, -0.2) is 27.8 Å².